The van der Waals surface area contributed by atoms with Crippen LogP contribution >= 0.6 is 0 Å². The Hall–Kier alpha value is -2.48. The summed E-state index contributed by atoms with van der Waals surface area (Å²) in [6.07, 6.45) is -0.270. The molecule has 0 saturated carbocycles. The molecule has 7 nitrogen and oxygen atoms in total. The van der Waals surface area contributed by atoms with Crippen LogP contribution in [0.25, 0.3) is 11.4 Å². The SMILES string of the molecule is CCOC(=O)N1CCN(Cc2nc(-c3ccc(F)cc3)no2)CC1. The molecule has 0 radical (unpaired) electrons. The third kappa shape index (κ3) is 3.88. The molecule has 0 aliphatic carbocycles. The van der Waals surface area contributed by atoms with E-state index in [9.17, 15) is 9.18 Å². The summed E-state index contributed by atoms with van der Waals surface area (Å²) in [5.41, 5.74) is 0.707. The van der Waals surface area contributed by atoms with Crippen molar-refractivity contribution in [1.29, 1.82) is 0 Å². The van der Waals surface area contributed by atoms with E-state index in [0.29, 0.717) is 56.6 Å². The Morgan fingerprint density at radius 1 is 1.25 bits per heavy atom. The Morgan fingerprint density at radius 2 is 1.96 bits per heavy atom. The number of carbonyl (C=O) groups excluding carboxylic acids is 1. The van der Waals surface area contributed by atoms with E-state index in [4.69, 9.17) is 9.26 Å². The number of ether oxygens (including phenoxy) is 1. The van der Waals surface area contributed by atoms with Gasteiger partial charge in [-0.1, -0.05) is 5.16 Å². The summed E-state index contributed by atoms with van der Waals surface area (Å²) < 4.78 is 23.2. The molecule has 128 valence electrons. The molecular formula is C16H19FN4O3. The maximum absolute atomic E-state index is 12.9. The molecule has 0 N–H and O–H groups in total. The molecule has 0 spiro atoms. The predicted molar refractivity (Wildman–Crippen MR) is 83.6 cm³/mol. The fourth-order valence-corrected chi connectivity index (χ4v) is 2.53. The Bertz CT molecular complexity index is 681. The van der Waals surface area contributed by atoms with Crippen molar-refractivity contribution in [3.63, 3.8) is 0 Å². The lowest BCUT2D eigenvalue weighted by Gasteiger charge is -2.33. The highest BCUT2D eigenvalue weighted by molar-refractivity contribution is 5.67. The minimum atomic E-state index is -0.304. The van der Waals surface area contributed by atoms with Gasteiger partial charge in [0.15, 0.2) is 0 Å². The van der Waals surface area contributed by atoms with Gasteiger partial charge in [-0.15, -0.1) is 0 Å². The summed E-state index contributed by atoms with van der Waals surface area (Å²) in [7, 11) is 0. The molecule has 1 saturated heterocycles. The highest BCUT2D eigenvalue weighted by Crippen LogP contribution is 2.17. The number of hydrogen-bond acceptors (Lipinski definition) is 6. The summed E-state index contributed by atoms with van der Waals surface area (Å²) in [6.45, 7) is 5.34. The Kier molecular flexibility index (Phi) is 5.05. The molecule has 2 aromatic rings. The zero-order chi connectivity index (χ0) is 16.9. The summed E-state index contributed by atoms with van der Waals surface area (Å²) in [4.78, 5) is 19.8. The maximum Gasteiger partial charge on any atom is 0.409 e. The first-order valence-electron chi connectivity index (χ1n) is 7.88. The van der Waals surface area contributed by atoms with E-state index >= 15 is 0 Å². The summed E-state index contributed by atoms with van der Waals surface area (Å²) in [5.74, 6) is 0.635. The molecule has 0 bridgehead atoms. The van der Waals surface area contributed by atoms with E-state index in [0.717, 1.165) is 0 Å². The standard InChI is InChI=1S/C16H19FN4O3/c1-2-23-16(22)21-9-7-20(8-10-21)11-14-18-15(19-24-14)12-3-5-13(17)6-4-12/h3-6H,2,7-11H2,1H3. The van der Waals surface area contributed by atoms with Crippen molar-refractivity contribution in [2.75, 3.05) is 32.8 Å². The van der Waals surface area contributed by atoms with Gasteiger partial charge in [0.1, 0.15) is 5.82 Å². The van der Waals surface area contributed by atoms with Crippen LogP contribution < -0.4 is 0 Å². The third-order valence-electron chi connectivity index (χ3n) is 3.83. The average molecular weight is 334 g/mol. The molecular weight excluding hydrogens is 315 g/mol. The van der Waals surface area contributed by atoms with Crippen molar-refractivity contribution < 1.29 is 18.4 Å². The number of halogens is 1. The summed E-state index contributed by atoms with van der Waals surface area (Å²) >= 11 is 0. The van der Waals surface area contributed by atoms with Crippen LogP contribution in [0.3, 0.4) is 0 Å². The van der Waals surface area contributed by atoms with Gasteiger partial charge in [-0.25, -0.2) is 9.18 Å². The number of rotatable bonds is 4. The molecule has 1 aromatic heterocycles. The molecule has 1 aliphatic rings. The number of hydrogen-bond donors (Lipinski definition) is 0. The zero-order valence-corrected chi connectivity index (χ0v) is 13.4. The van der Waals surface area contributed by atoms with Gasteiger partial charge < -0.3 is 14.2 Å². The van der Waals surface area contributed by atoms with Crippen LogP contribution in [-0.4, -0.2) is 58.8 Å². The molecule has 1 aliphatic heterocycles. The van der Waals surface area contributed by atoms with Crippen LogP contribution in [0.15, 0.2) is 28.8 Å². The fourth-order valence-electron chi connectivity index (χ4n) is 2.53. The number of aromatic nitrogens is 2. The monoisotopic (exact) mass is 334 g/mol. The molecule has 8 heteroatoms. The van der Waals surface area contributed by atoms with Gasteiger partial charge in [0.2, 0.25) is 11.7 Å². The predicted octanol–water partition coefficient (Wildman–Crippen LogP) is 2.15. The summed E-state index contributed by atoms with van der Waals surface area (Å²) in [5, 5.41) is 3.93. The second kappa shape index (κ2) is 7.39. The number of nitrogens with zero attached hydrogens (tertiary/aromatic N) is 4. The maximum atomic E-state index is 12.9. The van der Waals surface area contributed by atoms with Gasteiger partial charge in [0, 0.05) is 31.7 Å². The lowest BCUT2D eigenvalue weighted by molar-refractivity contribution is 0.0749. The Labute approximate surface area is 139 Å². The fraction of sp³-hybridized carbons (Fsp3) is 0.438. The molecule has 0 unspecified atom stereocenters. The van der Waals surface area contributed by atoms with Crippen LogP contribution in [0.4, 0.5) is 9.18 Å². The minimum absolute atomic E-state index is 0.270. The van der Waals surface area contributed by atoms with Gasteiger partial charge in [-0.05, 0) is 31.2 Å². The van der Waals surface area contributed by atoms with E-state index in [1.165, 1.54) is 12.1 Å². The van der Waals surface area contributed by atoms with Crippen LogP contribution in [0.2, 0.25) is 0 Å². The van der Waals surface area contributed by atoms with Crippen molar-refractivity contribution in [3.8, 4) is 11.4 Å². The smallest absolute Gasteiger partial charge is 0.409 e. The highest BCUT2D eigenvalue weighted by atomic mass is 19.1. The number of carbonyl (C=O) groups is 1. The van der Waals surface area contributed by atoms with Gasteiger partial charge in [-0.2, -0.15) is 4.98 Å². The zero-order valence-electron chi connectivity index (χ0n) is 13.4. The molecule has 0 atom stereocenters. The minimum Gasteiger partial charge on any atom is -0.450 e. The second-order valence-electron chi connectivity index (χ2n) is 5.48. The molecule has 2 heterocycles. The van der Waals surface area contributed by atoms with Crippen molar-refractivity contribution in [2.24, 2.45) is 0 Å². The Morgan fingerprint density at radius 3 is 2.62 bits per heavy atom. The van der Waals surface area contributed by atoms with E-state index in [-0.39, 0.29) is 11.9 Å². The van der Waals surface area contributed by atoms with Crippen molar-refractivity contribution in [3.05, 3.63) is 36.0 Å². The number of amides is 1. The molecule has 24 heavy (non-hydrogen) atoms. The normalized spacial score (nSPS) is 15.5. The summed E-state index contributed by atoms with van der Waals surface area (Å²) in [6, 6.07) is 5.95. The topological polar surface area (TPSA) is 71.7 Å². The van der Waals surface area contributed by atoms with Crippen LogP contribution in [-0.2, 0) is 11.3 Å². The Balaban J connectivity index is 1.54. The highest BCUT2D eigenvalue weighted by Gasteiger charge is 2.23. The van der Waals surface area contributed by atoms with Crippen LogP contribution in [0, 0.1) is 5.82 Å². The van der Waals surface area contributed by atoms with Gasteiger partial charge in [0.05, 0.1) is 13.2 Å². The third-order valence-corrected chi connectivity index (χ3v) is 3.83. The van der Waals surface area contributed by atoms with Gasteiger partial charge >= 0.3 is 6.09 Å². The number of piperazine rings is 1. The van der Waals surface area contributed by atoms with Crippen LogP contribution in [0.5, 0.6) is 0 Å². The largest absolute Gasteiger partial charge is 0.450 e. The number of benzene rings is 1. The van der Waals surface area contributed by atoms with E-state index < -0.39 is 0 Å². The quantitative estimate of drug-likeness (QED) is 0.853. The van der Waals surface area contributed by atoms with E-state index in [2.05, 4.69) is 15.0 Å². The van der Waals surface area contributed by atoms with Crippen molar-refractivity contribution >= 4 is 6.09 Å². The van der Waals surface area contributed by atoms with Crippen LogP contribution in [0.1, 0.15) is 12.8 Å². The lowest BCUT2D eigenvalue weighted by atomic mass is 10.2. The first-order chi connectivity index (χ1) is 11.7. The van der Waals surface area contributed by atoms with Gasteiger partial charge in [0.25, 0.3) is 0 Å². The molecule has 3 rings (SSSR count). The molecule has 1 fully saturated rings. The van der Waals surface area contributed by atoms with E-state index in [1.54, 1.807) is 24.0 Å². The second-order valence-corrected chi connectivity index (χ2v) is 5.48. The van der Waals surface area contributed by atoms with E-state index in [1.807, 2.05) is 0 Å². The first-order valence-corrected chi connectivity index (χ1v) is 7.88. The lowest BCUT2D eigenvalue weighted by Crippen LogP contribution is -2.48. The molecule has 1 aromatic carbocycles. The first kappa shape index (κ1) is 16.4. The average Bonchev–Trinajstić information content (AvgIpc) is 3.05. The van der Waals surface area contributed by atoms with Crippen molar-refractivity contribution in [2.45, 2.75) is 13.5 Å². The molecule has 1 amide bonds. The van der Waals surface area contributed by atoms with Gasteiger partial charge in [-0.3, -0.25) is 4.90 Å². The van der Waals surface area contributed by atoms with Crippen molar-refractivity contribution in [1.82, 2.24) is 19.9 Å².